The topological polar surface area (TPSA) is 106 Å². The normalized spacial score (nSPS) is 12.6. The van der Waals surface area contributed by atoms with Crippen molar-refractivity contribution in [3.63, 3.8) is 0 Å². The van der Waals surface area contributed by atoms with Gasteiger partial charge in [0.15, 0.2) is 0 Å². The molecular weight excluding hydrogens is 729 g/mol. The van der Waals surface area contributed by atoms with Gasteiger partial charge in [0.2, 0.25) is 0 Å². The number of aromatic nitrogens is 4. The van der Waals surface area contributed by atoms with Gasteiger partial charge in [0.1, 0.15) is 34.3 Å². The quantitative estimate of drug-likeness (QED) is 0.129. The molecule has 276 valence electrons. The van der Waals surface area contributed by atoms with Gasteiger partial charge >= 0.3 is 0 Å². The van der Waals surface area contributed by atoms with Gasteiger partial charge in [0, 0.05) is 53.9 Å². The van der Waals surface area contributed by atoms with Crippen molar-refractivity contribution in [3.8, 4) is 23.0 Å². The molecule has 0 saturated carbocycles. The molecule has 0 atom stereocenters. The largest absolute Gasteiger partial charge is 0.496 e. The lowest BCUT2D eigenvalue weighted by Gasteiger charge is -2.24. The molecule has 10 heteroatoms. The van der Waals surface area contributed by atoms with E-state index in [1.54, 1.807) is 37.2 Å². The minimum Gasteiger partial charge on any atom is -0.496 e. The molecule has 10 nitrogen and oxygen atoms in total. The molecule has 13 aromatic rings. The molecule has 0 aliphatic carbocycles. The van der Waals surface area contributed by atoms with Crippen molar-refractivity contribution in [1.82, 2.24) is 18.8 Å². The number of nitrogens with zero attached hydrogens (tertiary/aromatic N) is 4. The van der Waals surface area contributed by atoms with Crippen LogP contribution in [0.4, 0.5) is 0 Å². The monoisotopic (exact) mass is 756 g/mol. The zero-order chi connectivity index (χ0) is 38.9. The molecule has 0 fully saturated rings. The van der Waals surface area contributed by atoms with Crippen molar-refractivity contribution in [2.45, 2.75) is 0 Å². The van der Waals surface area contributed by atoms with Crippen molar-refractivity contribution in [1.29, 1.82) is 0 Å². The first-order valence-electron chi connectivity index (χ1n) is 18.9. The fourth-order valence-corrected chi connectivity index (χ4v) is 10.0. The van der Waals surface area contributed by atoms with Crippen molar-refractivity contribution in [2.75, 3.05) is 28.4 Å². The van der Waals surface area contributed by atoms with Crippen molar-refractivity contribution < 1.29 is 18.9 Å². The molecule has 0 aliphatic rings. The summed E-state index contributed by atoms with van der Waals surface area (Å²) in [5, 5.41) is 12.3. The fourth-order valence-electron chi connectivity index (χ4n) is 10.0. The highest BCUT2D eigenvalue weighted by atomic mass is 16.5. The second kappa shape index (κ2) is 10.6. The van der Waals surface area contributed by atoms with E-state index in [0.717, 1.165) is 53.9 Å². The smallest absolute Gasteiger partial charge is 0.264 e. The molecular formula is C48H28N4O6. The predicted molar refractivity (Wildman–Crippen MR) is 231 cm³/mol. The second-order valence-corrected chi connectivity index (χ2v) is 15.0. The third-order valence-electron chi connectivity index (χ3n) is 12.4. The van der Waals surface area contributed by atoms with E-state index in [-0.39, 0.29) is 11.1 Å². The standard InChI is InChI=1S/C48H28N4O6/c1-55-33-17-25-37-27(47(53)51-31-15-23-11-7-5-9-21(23)13-29(31)49-45(25)51)20-36(58-4)42-40-34(56-2)18-26-38-28(19-35(57-3)41(44(38)40)39(33)43(37)42)48(54)52-32-16-24-12-8-6-10-22(24)14-30(32)50-46(26)52/h5-20H,1-4H3. The summed E-state index contributed by atoms with van der Waals surface area (Å²) < 4.78 is 28.5. The van der Waals surface area contributed by atoms with E-state index in [0.29, 0.717) is 88.7 Å². The number of methoxy groups -OCH3 is 4. The molecule has 4 heterocycles. The maximum atomic E-state index is 14.9. The Morgan fingerprint density at radius 2 is 0.724 bits per heavy atom. The summed E-state index contributed by atoms with van der Waals surface area (Å²) in [6, 6.07) is 31.8. The van der Waals surface area contributed by atoms with Crippen LogP contribution in [0.2, 0.25) is 0 Å². The van der Waals surface area contributed by atoms with E-state index < -0.39 is 0 Å². The van der Waals surface area contributed by atoms with Crippen LogP contribution in [-0.2, 0) is 0 Å². The molecule has 0 amide bonds. The second-order valence-electron chi connectivity index (χ2n) is 15.0. The first-order valence-corrected chi connectivity index (χ1v) is 18.9. The summed E-state index contributed by atoms with van der Waals surface area (Å²) in [6.45, 7) is 0. The lowest BCUT2D eigenvalue weighted by atomic mass is 9.84. The van der Waals surface area contributed by atoms with Crippen LogP contribution >= 0.6 is 0 Å². The van der Waals surface area contributed by atoms with Crippen LogP contribution in [0.1, 0.15) is 0 Å². The Morgan fingerprint density at radius 1 is 0.397 bits per heavy atom. The summed E-state index contributed by atoms with van der Waals surface area (Å²) in [4.78, 5) is 40.1. The van der Waals surface area contributed by atoms with Gasteiger partial charge in [-0.3, -0.25) is 18.4 Å². The lowest BCUT2D eigenvalue weighted by molar-refractivity contribution is 0.415. The number of fused-ring (bicyclic) bond motifs is 12. The van der Waals surface area contributed by atoms with Gasteiger partial charge in [0.05, 0.1) is 61.3 Å². The minimum absolute atomic E-state index is 0.214. The molecule has 13 rings (SSSR count). The van der Waals surface area contributed by atoms with E-state index >= 15 is 0 Å². The zero-order valence-electron chi connectivity index (χ0n) is 31.5. The van der Waals surface area contributed by atoms with Crippen LogP contribution in [0.25, 0.3) is 120 Å². The Morgan fingerprint density at radius 3 is 1.07 bits per heavy atom. The molecule has 0 spiro atoms. The van der Waals surface area contributed by atoms with Gasteiger partial charge in [-0.2, -0.15) is 0 Å². The number of pyridine rings is 2. The zero-order valence-corrected chi connectivity index (χ0v) is 31.5. The van der Waals surface area contributed by atoms with Crippen LogP contribution < -0.4 is 30.1 Å². The fraction of sp³-hybridized carbons (Fsp3) is 0.0833. The van der Waals surface area contributed by atoms with E-state index in [4.69, 9.17) is 28.9 Å². The maximum Gasteiger partial charge on any atom is 0.264 e. The lowest BCUT2D eigenvalue weighted by Crippen LogP contribution is -2.15. The summed E-state index contributed by atoms with van der Waals surface area (Å²) in [5.41, 5.74) is 3.47. The van der Waals surface area contributed by atoms with Crippen molar-refractivity contribution >= 4 is 120 Å². The average molecular weight is 757 g/mol. The van der Waals surface area contributed by atoms with E-state index in [1.165, 1.54) is 0 Å². The molecule has 0 N–H and O–H groups in total. The Hall–Kier alpha value is -7.72. The van der Waals surface area contributed by atoms with Gasteiger partial charge in [-0.25, -0.2) is 9.97 Å². The minimum atomic E-state index is -0.214. The van der Waals surface area contributed by atoms with E-state index in [2.05, 4.69) is 0 Å². The highest BCUT2D eigenvalue weighted by molar-refractivity contribution is 6.44. The predicted octanol–water partition coefficient (Wildman–Crippen LogP) is 9.58. The van der Waals surface area contributed by atoms with Crippen molar-refractivity contribution in [2.24, 2.45) is 0 Å². The summed E-state index contributed by atoms with van der Waals surface area (Å²) in [7, 11) is 6.48. The average Bonchev–Trinajstić information content (AvgIpc) is 3.83. The highest BCUT2D eigenvalue weighted by Crippen LogP contribution is 2.55. The van der Waals surface area contributed by atoms with Gasteiger partial charge in [-0.05, 0) is 70.1 Å². The molecule has 0 aliphatic heterocycles. The van der Waals surface area contributed by atoms with Gasteiger partial charge in [0.25, 0.3) is 11.1 Å². The Labute approximate surface area is 325 Å². The van der Waals surface area contributed by atoms with E-state index in [1.807, 2.05) is 97.1 Å². The number of ether oxygens (including phenoxy) is 4. The van der Waals surface area contributed by atoms with E-state index in [9.17, 15) is 9.59 Å². The number of benzene rings is 9. The summed E-state index contributed by atoms with van der Waals surface area (Å²) in [6.07, 6.45) is 0. The molecule has 58 heavy (non-hydrogen) atoms. The van der Waals surface area contributed by atoms with Crippen molar-refractivity contribution in [3.05, 3.63) is 118 Å². The molecule has 0 saturated heterocycles. The molecule has 4 aromatic heterocycles. The van der Waals surface area contributed by atoms with Crippen LogP contribution in [-0.4, -0.2) is 47.2 Å². The number of rotatable bonds is 4. The first-order chi connectivity index (χ1) is 28.4. The Bertz CT molecular complexity index is 3850. The third-order valence-corrected chi connectivity index (χ3v) is 12.4. The number of hydrogen-bond acceptors (Lipinski definition) is 8. The Kier molecular flexibility index (Phi) is 5.73. The molecule has 0 radical (unpaired) electrons. The molecule has 9 aromatic carbocycles. The van der Waals surface area contributed by atoms with Crippen LogP contribution in [0.3, 0.4) is 0 Å². The maximum absolute atomic E-state index is 14.9. The highest BCUT2D eigenvalue weighted by Gasteiger charge is 2.31. The third kappa shape index (κ3) is 3.55. The Balaban J connectivity index is 1.31. The molecule has 0 bridgehead atoms. The van der Waals surface area contributed by atoms with Gasteiger partial charge in [-0.15, -0.1) is 0 Å². The number of imidazole rings is 2. The summed E-state index contributed by atoms with van der Waals surface area (Å²) in [5.74, 6) is 2.04. The van der Waals surface area contributed by atoms with Gasteiger partial charge < -0.3 is 18.9 Å². The first kappa shape index (κ1) is 31.5. The van der Waals surface area contributed by atoms with Gasteiger partial charge in [-0.1, -0.05) is 48.5 Å². The SMILES string of the molecule is COc1cc2c(=O)n3c4cc5ccccc5cc4nc3c3cc(OC)c4c5c(OC)cc6c(=O)n7c8cc9ccccc9cc8nc7c7cc(OC)c(c1c4c23)c5c67. The molecule has 0 unspecified atom stereocenters. The van der Waals surface area contributed by atoms with Crippen LogP contribution in [0, 0.1) is 0 Å². The summed E-state index contributed by atoms with van der Waals surface area (Å²) >= 11 is 0. The van der Waals surface area contributed by atoms with Crippen LogP contribution in [0.15, 0.2) is 107 Å². The van der Waals surface area contributed by atoms with Crippen LogP contribution in [0.5, 0.6) is 23.0 Å². The number of hydrogen-bond donors (Lipinski definition) is 0.